The molecule has 1 rings (SSSR count). The Morgan fingerprint density at radius 2 is 1.95 bits per heavy atom. The Balaban J connectivity index is 2.43. The minimum absolute atomic E-state index is 0.0998. The van der Waals surface area contributed by atoms with Crippen LogP contribution in [0.5, 0.6) is 0 Å². The molecule has 0 spiro atoms. The molecule has 0 aliphatic carbocycles. The molecule has 1 aromatic heterocycles. The quantitative estimate of drug-likeness (QED) is 0.786. The van der Waals surface area contributed by atoms with Crippen LogP contribution < -0.4 is 5.32 Å². The van der Waals surface area contributed by atoms with E-state index in [1.165, 1.54) is 16.1 Å². The van der Waals surface area contributed by atoms with E-state index in [-0.39, 0.29) is 5.41 Å². The molecule has 0 radical (unpaired) electrons. The third kappa shape index (κ3) is 6.01. The highest BCUT2D eigenvalue weighted by atomic mass is 32.2. The van der Waals surface area contributed by atoms with Crippen molar-refractivity contribution in [2.24, 2.45) is 0 Å². The van der Waals surface area contributed by atoms with E-state index in [2.05, 4.69) is 37.1 Å². The number of anilines is 1. The van der Waals surface area contributed by atoms with Crippen molar-refractivity contribution in [2.45, 2.75) is 39.5 Å². The van der Waals surface area contributed by atoms with Crippen LogP contribution in [0.15, 0.2) is 18.3 Å². The molecule has 0 atom stereocenters. The highest BCUT2D eigenvalue weighted by Gasteiger charge is 2.14. The fourth-order valence-corrected chi connectivity index (χ4v) is 2.90. The molecule has 21 heavy (non-hydrogen) atoms. The first-order chi connectivity index (χ1) is 9.64. The Bertz CT molecular complexity index is 533. The molecule has 0 bridgehead atoms. The van der Waals surface area contributed by atoms with Gasteiger partial charge in [0.25, 0.3) is 0 Å². The van der Waals surface area contributed by atoms with Gasteiger partial charge in [-0.05, 0) is 23.5 Å². The zero-order valence-electron chi connectivity index (χ0n) is 13.7. The third-order valence-corrected chi connectivity index (χ3v) is 4.72. The van der Waals surface area contributed by atoms with E-state index in [9.17, 15) is 8.42 Å². The number of hydrogen-bond donors (Lipinski definition) is 1. The van der Waals surface area contributed by atoms with Gasteiger partial charge in [-0.3, -0.25) is 0 Å². The molecule has 0 aliphatic rings. The van der Waals surface area contributed by atoms with Gasteiger partial charge in [-0.1, -0.05) is 33.8 Å². The first-order valence-corrected chi connectivity index (χ1v) is 9.15. The van der Waals surface area contributed by atoms with Crippen LogP contribution in [0.25, 0.3) is 0 Å². The van der Waals surface area contributed by atoms with E-state index in [0.29, 0.717) is 19.6 Å². The molecule has 1 aromatic rings. The van der Waals surface area contributed by atoms with E-state index < -0.39 is 10.0 Å². The van der Waals surface area contributed by atoms with Crippen molar-refractivity contribution in [3.8, 4) is 0 Å². The molecule has 0 fully saturated rings. The van der Waals surface area contributed by atoms with E-state index in [4.69, 9.17) is 0 Å². The second-order valence-electron chi connectivity index (χ2n) is 6.22. The zero-order chi connectivity index (χ0) is 16.1. The van der Waals surface area contributed by atoms with Crippen LogP contribution in [0.4, 0.5) is 5.82 Å². The highest BCUT2D eigenvalue weighted by molar-refractivity contribution is 7.88. The van der Waals surface area contributed by atoms with E-state index in [1.54, 1.807) is 0 Å². The number of aromatic nitrogens is 1. The molecule has 0 aromatic carbocycles. The lowest BCUT2D eigenvalue weighted by molar-refractivity contribution is 0.428. The van der Waals surface area contributed by atoms with Crippen LogP contribution in [0.1, 0.15) is 39.7 Å². The number of nitrogens with zero attached hydrogens (tertiary/aromatic N) is 2. The van der Waals surface area contributed by atoms with E-state index in [0.717, 1.165) is 12.2 Å². The Labute approximate surface area is 128 Å². The lowest BCUT2D eigenvalue weighted by Gasteiger charge is -2.19. The number of pyridine rings is 1. The summed E-state index contributed by atoms with van der Waals surface area (Å²) in [6, 6.07) is 4.04. The summed E-state index contributed by atoms with van der Waals surface area (Å²) < 4.78 is 24.4. The predicted molar refractivity (Wildman–Crippen MR) is 88.1 cm³/mol. The lowest BCUT2D eigenvalue weighted by Crippen LogP contribution is -2.31. The minimum Gasteiger partial charge on any atom is -0.370 e. The second-order valence-corrected chi connectivity index (χ2v) is 8.20. The number of rotatable bonds is 7. The Morgan fingerprint density at radius 3 is 2.38 bits per heavy atom. The zero-order valence-corrected chi connectivity index (χ0v) is 14.5. The van der Waals surface area contributed by atoms with Crippen LogP contribution in [0, 0.1) is 0 Å². The average Bonchev–Trinajstić information content (AvgIpc) is 2.36. The summed E-state index contributed by atoms with van der Waals surface area (Å²) in [5, 5.41) is 3.22. The Kier molecular flexibility index (Phi) is 6.16. The highest BCUT2D eigenvalue weighted by Crippen LogP contribution is 2.21. The summed E-state index contributed by atoms with van der Waals surface area (Å²) in [5.41, 5.74) is 1.30. The fourth-order valence-electron chi connectivity index (χ4n) is 1.97. The maximum absolute atomic E-state index is 11.5. The van der Waals surface area contributed by atoms with Gasteiger partial charge in [0.1, 0.15) is 5.82 Å². The molecule has 0 amide bonds. The van der Waals surface area contributed by atoms with Gasteiger partial charge in [0.15, 0.2) is 0 Å². The van der Waals surface area contributed by atoms with E-state index >= 15 is 0 Å². The molecule has 6 heteroatoms. The monoisotopic (exact) mass is 313 g/mol. The number of nitrogens with one attached hydrogen (secondary N) is 1. The number of sulfonamides is 1. The minimum atomic E-state index is -3.09. The van der Waals surface area contributed by atoms with Gasteiger partial charge >= 0.3 is 0 Å². The first kappa shape index (κ1) is 17.9. The smallest absolute Gasteiger partial charge is 0.211 e. The molecule has 0 saturated carbocycles. The Morgan fingerprint density at radius 1 is 1.29 bits per heavy atom. The Hall–Kier alpha value is -1.14. The van der Waals surface area contributed by atoms with Crippen LogP contribution in [0.2, 0.25) is 0 Å². The van der Waals surface area contributed by atoms with Gasteiger partial charge in [0.2, 0.25) is 10.0 Å². The van der Waals surface area contributed by atoms with Gasteiger partial charge in [0.05, 0.1) is 6.26 Å². The van der Waals surface area contributed by atoms with Crippen molar-refractivity contribution in [2.75, 3.05) is 31.2 Å². The van der Waals surface area contributed by atoms with Gasteiger partial charge < -0.3 is 5.32 Å². The standard InChI is InChI=1S/C15H27N3O2S/c1-6-18(21(5,19)20)11-7-10-16-14-9-8-13(12-17-14)15(2,3)4/h8-9,12H,6-7,10-11H2,1-5H3,(H,16,17). The van der Waals surface area contributed by atoms with Crippen LogP contribution in [0.3, 0.4) is 0 Å². The molecule has 5 nitrogen and oxygen atoms in total. The molecule has 120 valence electrons. The van der Waals surface area contributed by atoms with Crippen molar-refractivity contribution in [1.82, 2.24) is 9.29 Å². The molecule has 0 unspecified atom stereocenters. The number of hydrogen-bond acceptors (Lipinski definition) is 4. The lowest BCUT2D eigenvalue weighted by atomic mass is 9.88. The van der Waals surface area contributed by atoms with Crippen molar-refractivity contribution in [1.29, 1.82) is 0 Å². The maximum Gasteiger partial charge on any atom is 0.211 e. The summed E-state index contributed by atoms with van der Waals surface area (Å²) in [4.78, 5) is 4.39. The molecular weight excluding hydrogens is 286 g/mol. The summed E-state index contributed by atoms with van der Waals surface area (Å²) in [6.45, 7) is 10.1. The van der Waals surface area contributed by atoms with Crippen LogP contribution >= 0.6 is 0 Å². The van der Waals surface area contributed by atoms with Gasteiger partial charge in [-0.25, -0.2) is 17.7 Å². The van der Waals surface area contributed by atoms with Gasteiger partial charge in [0, 0.05) is 25.8 Å². The third-order valence-electron chi connectivity index (χ3n) is 3.34. The van der Waals surface area contributed by atoms with Crippen molar-refractivity contribution < 1.29 is 8.42 Å². The predicted octanol–water partition coefficient (Wildman–Crippen LogP) is 2.46. The van der Waals surface area contributed by atoms with Crippen molar-refractivity contribution in [3.63, 3.8) is 0 Å². The van der Waals surface area contributed by atoms with Crippen LogP contribution in [-0.4, -0.2) is 43.6 Å². The summed E-state index contributed by atoms with van der Waals surface area (Å²) in [5.74, 6) is 0.824. The van der Waals surface area contributed by atoms with Gasteiger partial charge in [-0.15, -0.1) is 0 Å². The SMILES string of the molecule is CCN(CCCNc1ccc(C(C)(C)C)cn1)S(C)(=O)=O. The maximum atomic E-state index is 11.5. The summed E-state index contributed by atoms with van der Waals surface area (Å²) >= 11 is 0. The molecule has 1 N–H and O–H groups in total. The largest absolute Gasteiger partial charge is 0.370 e. The molecular formula is C15H27N3O2S. The van der Waals surface area contributed by atoms with Gasteiger partial charge in [-0.2, -0.15) is 0 Å². The van der Waals surface area contributed by atoms with E-state index in [1.807, 2.05) is 19.2 Å². The first-order valence-electron chi connectivity index (χ1n) is 7.30. The fraction of sp³-hybridized carbons (Fsp3) is 0.667. The molecule has 1 heterocycles. The summed E-state index contributed by atoms with van der Waals surface area (Å²) in [7, 11) is -3.09. The summed E-state index contributed by atoms with van der Waals surface area (Å²) in [6.07, 6.45) is 3.89. The normalized spacial score (nSPS) is 12.7. The molecule has 0 aliphatic heterocycles. The second kappa shape index (κ2) is 7.22. The van der Waals surface area contributed by atoms with Crippen LogP contribution in [-0.2, 0) is 15.4 Å². The average molecular weight is 313 g/mol. The topological polar surface area (TPSA) is 62.3 Å². The van der Waals surface area contributed by atoms with Crippen molar-refractivity contribution >= 4 is 15.8 Å². The van der Waals surface area contributed by atoms with Crippen molar-refractivity contribution in [3.05, 3.63) is 23.9 Å². The molecule has 0 saturated heterocycles.